The standard InChI is InChI=1S/C23H23ClFN5O/c24-16-1-3-18(26-15-16)4-5-19-14-23(7-8-23)9-12-29(19)22(31)20-13-17(25)2-6-21(20)30-27-10-11-28-30/h1-3,6,10-11,13,15,19H,4-5,7-9,12,14H2/t19-/m1/s1. The molecular formula is C23H23ClFN5O. The number of hydrogen-bond acceptors (Lipinski definition) is 4. The van der Waals surface area contributed by atoms with E-state index >= 15 is 0 Å². The summed E-state index contributed by atoms with van der Waals surface area (Å²) in [5.41, 5.74) is 2.11. The molecule has 3 aromatic rings. The maximum absolute atomic E-state index is 14.1. The average molecular weight is 440 g/mol. The van der Waals surface area contributed by atoms with Gasteiger partial charge in [0.1, 0.15) is 5.82 Å². The Morgan fingerprint density at radius 1 is 1.16 bits per heavy atom. The summed E-state index contributed by atoms with van der Waals surface area (Å²) in [7, 11) is 0. The number of pyridine rings is 1. The highest BCUT2D eigenvalue weighted by Gasteiger charge is 2.49. The number of amides is 1. The number of aromatic nitrogens is 4. The van der Waals surface area contributed by atoms with Crippen molar-refractivity contribution in [3.8, 4) is 5.69 Å². The quantitative estimate of drug-likeness (QED) is 0.588. The number of rotatable bonds is 5. The van der Waals surface area contributed by atoms with E-state index < -0.39 is 5.82 Å². The third-order valence-corrected chi connectivity index (χ3v) is 6.78. The molecule has 1 aliphatic heterocycles. The van der Waals surface area contributed by atoms with Gasteiger partial charge in [0.25, 0.3) is 5.91 Å². The molecule has 2 aromatic heterocycles. The van der Waals surface area contributed by atoms with Gasteiger partial charge < -0.3 is 4.90 Å². The van der Waals surface area contributed by atoms with Crippen LogP contribution in [0.3, 0.4) is 0 Å². The number of aryl methyl sites for hydroxylation is 1. The van der Waals surface area contributed by atoms with Crippen LogP contribution in [0.2, 0.25) is 5.02 Å². The molecule has 2 fully saturated rings. The number of carbonyl (C=O) groups is 1. The number of piperidine rings is 1. The highest BCUT2D eigenvalue weighted by molar-refractivity contribution is 6.30. The van der Waals surface area contributed by atoms with Crippen LogP contribution >= 0.6 is 11.6 Å². The second-order valence-corrected chi connectivity index (χ2v) is 9.03. The van der Waals surface area contributed by atoms with E-state index in [0.29, 0.717) is 22.7 Å². The summed E-state index contributed by atoms with van der Waals surface area (Å²) in [6, 6.07) is 8.03. The summed E-state index contributed by atoms with van der Waals surface area (Å²) in [6.07, 6.45) is 10.7. The minimum Gasteiger partial charge on any atom is -0.336 e. The summed E-state index contributed by atoms with van der Waals surface area (Å²) < 4.78 is 14.1. The van der Waals surface area contributed by atoms with E-state index in [0.717, 1.165) is 31.4 Å². The van der Waals surface area contributed by atoms with Crippen LogP contribution in [-0.4, -0.2) is 43.4 Å². The zero-order chi connectivity index (χ0) is 21.4. The minimum atomic E-state index is -0.447. The third kappa shape index (κ3) is 4.19. The van der Waals surface area contributed by atoms with Gasteiger partial charge in [-0.1, -0.05) is 11.6 Å². The molecule has 0 unspecified atom stereocenters. The molecule has 1 saturated heterocycles. The first-order chi connectivity index (χ1) is 15.0. The number of benzene rings is 1. The predicted octanol–water partition coefficient (Wildman–Crippen LogP) is 4.47. The first-order valence-corrected chi connectivity index (χ1v) is 11.0. The predicted molar refractivity (Wildman–Crippen MR) is 115 cm³/mol. The van der Waals surface area contributed by atoms with Crippen molar-refractivity contribution in [1.29, 1.82) is 0 Å². The summed E-state index contributed by atoms with van der Waals surface area (Å²) in [5, 5.41) is 8.88. The Labute approximate surface area is 185 Å². The summed E-state index contributed by atoms with van der Waals surface area (Å²) in [5.74, 6) is -0.617. The van der Waals surface area contributed by atoms with Gasteiger partial charge >= 0.3 is 0 Å². The Hall–Kier alpha value is -2.80. The molecule has 31 heavy (non-hydrogen) atoms. The molecule has 3 heterocycles. The van der Waals surface area contributed by atoms with E-state index in [4.69, 9.17) is 11.6 Å². The number of hydrogen-bond donors (Lipinski definition) is 0. The summed E-state index contributed by atoms with van der Waals surface area (Å²) in [6.45, 7) is 0.681. The molecule has 8 heteroatoms. The lowest BCUT2D eigenvalue weighted by Crippen LogP contribution is -2.47. The van der Waals surface area contributed by atoms with Gasteiger partial charge in [-0.25, -0.2) is 4.39 Å². The highest BCUT2D eigenvalue weighted by Crippen LogP contribution is 2.55. The first-order valence-electron chi connectivity index (χ1n) is 10.6. The molecule has 0 radical (unpaired) electrons. The number of halogens is 2. The molecule has 1 atom stereocenters. The second kappa shape index (κ2) is 8.04. The highest BCUT2D eigenvalue weighted by atomic mass is 35.5. The van der Waals surface area contributed by atoms with Gasteiger partial charge in [0, 0.05) is 24.5 Å². The van der Waals surface area contributed by atoms with E-state index in [-0.39, 0.29) is 17.5 Å². The SMILES string of the molecule is O=C(c1cc(F)ccc1-n1nccn1)N1CCC2(CC2)C[C@H]1CCc1ccc(Cl)cn1. The van der Waals surface area contributed by atoms with Gasteiger partial charge in [-0.05, 0) is 74.3 Å². The summed E-state index contributed by atoms with van der Waals surface area (Å²) in [4.78, 5) is 21.3. The zero-order valence-corrected chi connectivity index (χ0v) is 17.8. The van der Waals surface area contributed by atoms with E-state index in [9.17, 15) is 9.18 Å². The number of carbonyl (C=O) groups excluding carboxylic acids is 1. The molecular weight excluding hydrogens is 417 g/mol. The second-order valence-electron chi connectivity index (χ2n) is 8.59. The lowest BCUT2D eigenvalue weighted by Gasteiger charge is -2.40. The fourth-order valence-electron chi connectivity index (χ4n) is 4.63. The largest absolute Gasteiger partial charge is 0.336 e. The zero-order valence-electron chi connectivity index (χ0n) is 17.0. The van der Waals surface area contributed by atoms with Crippen LogP contribution in [0.4, 0.5) is 4.39 Å². The first kappa shape index (κ1) is 20.1. The monoisotopic (exact) mass is 439 g/mol. The molecule has 5 rings (SSSR count). The Morgan fingerprint density at radius 2 is 1.97 bits per heavy atom. The fourth-order valence-corrected chi connectivity index (χ4v) is 4.74. The van der Waals surface area contributed by atoms with Crippen LogP contribution < -0.4 is 0 Å². The molecule has 1 spiro atoms. The van der Waals surface area contributed by atoms with Gasteiger partial charge in [0.05, 0.1) is 28.7 Å². The van der Waals surface area contributed by atoms with Crippen LogP contribution in [0.5, 0.6) is 0 Å². The van der Waals surface area contributed by atoms with Gasteiger partial charge in [-0.3, -0.25) is 9.78 Å². The van der Waals surface area contributed by atoms with Crippen molar-refractivity contribution in [3.63, 3.8) is 0 Å². The van der Waals surface area contributed by atoms with Crippen molar-refractivity contribution in [2.45, 2.75) is 44.6 Å². The van der Waals surface area contributed by atoms with Crippen LogP contribution in [-0.2, 0) is 6.42 Å². The number of likely N-dealkylation sites (tertiary alicyclic amines) is 1. The van der Waals surface area contributed by atoms with Crippen molar-refractivity contribution in [2.24, 2.45) is 5.41 Å². The van der Waals surface area contributed by atoms with E-state index in [1.165, 1.54) is 42.2 Å². The average Bonchev–Trinajstić information content (AvgIpc) is 3.29. The Kier molecular flexibility index (Phi) is 5.22. The molecule has 0 bridgehead atoms. The molecule has 1 amide bonds. The maximum Gasteiger partial charge on any atom is 0.256 e. The molecule has 160 valence electrons. The molecule has 0 N–H and O–H groups in total. The van der Waals surface area contributed by atoms with Crippen molar-refractivity contribution in [3.05, 3.63) is 71.0 Å². The topological polar surface area (TPSA) is 63.9 Å². The maximum atomic E-state index is 14.1. The van der Waals surface area contributed by atoms with Gasteiger partial charge in [0.2, 0.25) is 0 Å². The molecule has 6 nitrogen and oxygen atoms in total. The third-order valence-electron chi connectivity index (χ3n) is 6.56. The lowest BCUT2D eigenvalue weighted by atomic mass is 9.85. The Bertz CT molecular complexity index is 1080. The Balaban J connectivity index is 1.41. The van der Waals surface area contributed by atoms with Gasteiger partial charge in [0.15, 0.2) is 0 Å². The Morgan fingerprint density at radius 3 is 2.68 bits per heavy atom. The minimum absolute atomic E-state index is 0.0860. The lowest BCUT2D eigenvalue weighted by molar-refractivity contribution is 0.0508. The van der Waals surface area contributed by atoms with E-state index in [2.05, 4.69) is 15.2 Å². The summed E-state index contributed by atoms with van der Waals surface area (Å²) >= 11 is 5.95. The fraction of sp³-hybridized carbons (Fsp3) is 0.391. The van der Waals surface area contributed by atoms with Crippen molar-refractivity contribution < 1.29 is 9.18 Å². The van der Waals surface area contributed by atoms with Crippen LogP contribution in [0, 0.1) is 11.2 Å². The van der Waals surface area contributed by atoms with Crippen LogP contribution in [0.15, 0.2) is 48.9 Å². The normalized spacial score (nSPS) is 19.5. The molecule has 1 saturated carbocycles. The van der Waals surface area contributed by atoms with Gasteiger partial charge in [-0.2, -0.15) is 15.0 Å². The van der Waals surface area contributed by atoms with Gasteiger partial charge in [-0.15, -0.1) is 0 Å². The van der Waals surface area contributed by atoms with Crippen LogP contribution in [0.25, 0.3) is 5.69 Å². The van der Waals surface area contributed by atoms with Crippen molar-refractivity contribution in [1.82, 2.24) is 24.9 Å². The molecule has 1 aromatic carbocycles. The van der Waals surface area contributed by atoms with Crippen molar-refractivity contribution in [2.75, 3.05) is 6.54 Å². The number of nitrogens with zero attached hydrogens (tertiary/aromatic N) is 5. The molecule has 1 aliphatic carbocycles. The smallest absolute Gasteiger partial charge is 0.256 e. The van der Waals surface area contributed by atoms with Crippen LogP contribution in [0.1, 0.15) is 48.2 Å². The van der Waals surface area contributed by atoms with E-state index in [1.54, 1.807) is 12.3 Å². The van der Waals surface area contributed by atoms with Crippen molar-refractivity contribution >= 4 is 17.5 Å². The van der Waals surface area contributed by atoms with E-state index in [1.807, 2.05) is 17.0 Å². The molecule has 2 aliphatic rings.